The third-order valence-electron chi connectivity index (χ3n) is 4.41. The SMILES string of the molecule is [O-][NH+](O)c1cccnc1N1CCN(CC(O)COc2ccc(F)cc2)CC1. The summed E-state index contributed by atoms with van der Waals surface area (Å²) in [6, 6.07) is 8.82. The van der Waals surface area contributed by atoms with Crippen LogP contribution in [0.5, 0.6) is 5.75 Å². The number of nitrogens with one attached hydrogen (secondary N) is 1. The fourth-order valence-corrected chi connectivity index (χ4v) is 3.03. The van der Waals surface area contributed by atoms with E-state index in [4.69, 9.17) is 4.74 Å². The molecule has 0 amide bonds. The molecule has 1 saturated heterocycles. The molecule has 2 heterocycles. The molecule has 8 nitrogen and oxygen atoms in total. The molecule has 2 atom stereocenters. The van der Waals surface area contributed by atoms with Gasteiger partial charge >= 0.3 is 0 Å². The Bertz CT molecular complexity index is 724. The van der Waals surface area contributed by atoms with Crippen LogP contribution in [0.3, 0.4) is 0 Å². The number of aliphatic hydroxyl groups excluding tert-OH is 1. The molecule has 0 spiro atoms. The van der Waals surface area contributed by atoms with Gasteiger partial charge in [-0.3, -0.25) is 4.90 Å². The van der Waals surface area contributed by atoms with Gasteiger partial charge in [0.2, 0.25) is 5.69 Å². The highest BCUT2D eigenvalue weighted by atomic mass is 19.1. The number of quaternary nitrogens is 1. The molecular weight excluding hydrogens is 355 g/mol. The van der Waals surface area contributed by atoms with Gasteiger partial charge in [-0.25, -0.2) is 14.6 Å². The number of rotatable bonds is 7. The molecule has 0 saturated carbocycles. The first-order valence-corrected chi connectivity index (χ1v) is 8.75. The Balaban J connectivity index is 1.46. The number of aliphatic hydroxyl groups is 1. The van der Waals surface area contributed by atoms with Crippen molar-refractivity contribution in [3.63, 3.8) is 0 Å². The molecule has 3 rings (SSSR count). The van der Waals surface area contributed by atoms with E-state index in [0.717, 1.165) is 0 Å². The molecule has 1 aliphatic heterocycles. The summed E-state index contributed by atoms with van der Waals surface area (Å²) in [6.45, 7) is 3.19. The Labute approximate surface area is 156 Å². The highest BCUT2D eigenvalue weighted by molar-refractivity contribution is 5.57. The lowest BCUT2D eigenvalue weighted by Gasteiger charge is -2.36. The first kappa shape index (κ1) is 19.5. The van der Waals surface area contributed by atoms with Crippen molar-refractivity contribution in [1.82, 2.24) is 9.88 Å². The molecule has 1 aromatic carbocycles. The molecule has 1 aromatic heterocycles. The number of β-amino-alcohol motifs (C(OH)–C–C–N with tert-alkyl or cyclic N) is 1. The van der Waals surface area contributed by atoms with Crippen LogP contribution in [0.1, 0.15) is 0 Å². The third kappa shape index (κ3) is 5.34. The monoisotopic (exact) mass is 378 g/mol. The molecule has 0 bridgehead atoms. The molecule has 9 heteroatoms. The Morgan fingerprint density at radius 2 is 1.89 bits per heavy atom. The number of anilines is 1. The van der Waals surface area contributed by atoms with E-state index in [1.165, 1.54) is 24.3 Å². The summed E-state index contributed by atoms with van der Waals surface area (Å²) < 4.78 is 18.3. The fourth-order valence-electron chi connectivity index (χ4n) is 3.03. The lowest BCUT2D eigenvalue weighted by Crippen LogP contribution is -2.99. The van der Waals surface area contributed by atoms with Crippen molar-refractivity contribution in [2.24, 2.45) is 0 Å². The van der Waals surface area contributed by atoms with Crippen LogP contribution in [0.15, 0.2) is 42.6 Å². The molecule has 27 heavy (non-hydrogen) atoms. The van der Waals surface area contributed by atoms with E-state index in [-0.39, 0.29) is 18.1 Å². The minimum atomic E-state index is -0.992. The summed E-state index contributed by atoms with van der Waals surface area (Å²) >= 11 is 0. The number of benzene rings is 1. The number of hydrogen-bond donors (Lipinski definition) is 3. The van der Waals surface area contributed by atoms with Crippen LogP contribution in [0.25, 0.3) is 0 Å². The third-order valence-corrected chi connectivity index (χ3v) is 4.41. The number of piperazine rings is 1. The van der Waals surface area contributed by atoms with Crippen molar-refractivity contribution in [3.8, 4) is 5.75 Å². The van der Waals surface area contributed by atoms with Gasteiger partial charge in [0.15, 0.2) is 5.82 Å². The first-order valence-electron chi connectivity index (χ1n) is 8.75. The van der Waals surface area contributed by atoms with Crippen LogP contribution in [0.2, 0.25) is 0 Å². The van der Waals surface area contributed by atoms with Gasteiger partial charge < -0.3 is 20.0 Å². The standard InChI is InChI=1S/C18H23FN4O4/c19-14-3-5-16(6-4-14)27-13-15(24)12-21-8-10-22(11-9-21)18-17(23(25)26)2-1-7-20-18/h1-7,15,23-25H,8-13H2. The molecule has 146 valence electrons. The van der Waals surface area contributed by atoms with E-state index in [0.29, 0.717) is 44.3 Å². The smallest absolute Gasteiger partial charge is 0.206 e. The summed E-state index contributed by atoms with van der Waals surface area (Å²) in [5, 5.41) is 29.8. The zero-order valence-corrected chi connectivity index (χ0v) is 14.8. The number of pyridine rings is 1. The van der Waals surface area contributed by atoms with Gasteiger partial charge in [-0.15, -0.1) is 0 Å². The van der Waals surface area contributed by atoms with Crippen molar-refractivity contribution in [2.75, 3.05) is 44.2 Å². The lowest BCUT2D eigenvalue weighted by molar-refractivity contribution is -0.991. The average molecular weight is 378 g/mol. The van der Waals surface area contributed by atoms with Crippen LogP contribution in [0, 0.1) is 11.0 Å². The number of hydrogen-bond acceptors (Lipinski definition) is 7. The summed E-state index contributed by atoms with van der Waals surface area (Å²) in [7, 11) is 0. The molecule has 2 unspecified atom stereocenters. The van der Waals surface area contributed by atoms with Crippen LogP contribution < -0.4 is 14.9 Å². The van der Waals surface area contributed by atoms with Crippen molar-refractivity contribution in [2.45, 2.75) is 6.10 Å². The fraction of sp³-hybridized carbons (Fsp3) is 0.389. The Kier molecular flexibility index (Phi) is 6.54. The van der Waals surface area contributed by atoms with E-state index in [1.54, 1.807) is 18.3 Å². The van der Waals surface area contributed by atoms with Crippen LogP contribution >= 0.6 is 0 Å². The molecular formula is C18H23FN4O4. The zero-order valence-electron chi connectivity index (χ0n) is 14.8. The topological polar surface area (TPSA) is 96.6 Å². The minimum absolute atomic E-state index is 0.120. The van der Waals surface area contributed by atoms with Gasteiger partial charge in [-0.05, 0) is 30.3 Å². The van der Waals surface area contributed by atoms with E-state index in [1.807, 2.05) is 4.90 Å². The summed E-state index contributed by atoms with van der Waals surface area (Å²) in [4.78, 5) is 8.25. The molecule has 3 N–H and O–H groups in total. The number of aromatic nitrogens is 1. The average Bonchev–Trinajstić information content (AvgIpc) is 2.68. The van der Waals surface area contributed by atoms with E-state index in [9.17, 15) is 19.9 Å². The summed E-state index contributed by atoms with van der Waals surface area (Å²) in [6.07, 6.45) is 0.913. The zero-order chi connectivity index (χ0) is 19.2. The maximum Gasteiger partial charge on any atom is 0.206 e. The molecule has 1 aliphatic rings. The molecule has 0 radical (unpaired) electrons. The normalized spacial score (nSPS) is 17.6. The van der Waals surface area contributed by atoms with Crippen molar-refractivity contribution in [1.29, 1.82) is 0 Å². The van der Waals surface area contributed by atoms with E-state index >= 15 is 0 Å². The molecule has 2 aromatic rings. The van der Waals surface area contributed by atoms with Gasteiger partial charge in [0.1, 0.15) is 24.3 Å². The highest BCUT2D eigenvalue weighted by Crippen LogP contribution is 2.20. The molecule has 1 fully saturated rings. The van der Waals surface area contributed by atoms with Crippen molar-refractivity contribution >= 4 is 11.5 Å². The van der Waals surface area contributed by atoms with E-state index < -0.39 is 11.3 Å². The van der Waals surface area contributed by atoms with Crippen molar-refractivity contribution < 1.29 is 24.7 Å². The summed E-state index contributed by atoms with van der Waals surface area (Å²) in [5.74, 6) is 0.654. The maximum atomic E-state index is 12.9. The van der Waals surface area contributed by atoms with Crippen LogP contribution in [-0.2, 0) is 0 Å². The maximum absolute atomic E-state index is 12.9. The Morgan fingerprint density at radius 3 is 2.56 bits per heavy atom. The van der Waals surface area contributed by atoms with Gasteiger partial charge in [-0.1, -0.05) is 0 Å². The van der Waals surface area contributed by atoms with Gasteiger partial charge in [0.25, 0.3) is 0 Å². The minimum Gasteiger partial charge on any atom is -0.595 e. The first-order chi connectivity index (χ1) is 13.0. The lowest BCUT2D eigenvalue weighted by atomic mass is 10.2. The molecule has 0 aliphatic carbocycles. The second-order valence-corrected chi connectivity index (χ2v) is 6.39. The second kappa shape index (κ2) is 9.07. The van der Waals surface area contributed by atoms with Crippen molar-refractivity contribution in [3.05, 3.63) is 53.6 Å². The van der Waals surface area contributed by atoms with Crippen LogP contribution in [-0.4, -0.2) is 65.6 Å². The predicted molar refractivity (Wildman–Crippen MR) is 96.6 cm³/mol. The Hall–Kier alpha value is -2.30. The number of halogens is 1. The van der Waals surface area contributed by atoms with Gasteiger partial charge in [0.05, 0.1) is 0 Å². The predicted octanol–water partition coefficient (Wildman–Crippen LogP) is 0.186. The second-order valence-electron chi connectivity index (χ2n) is 6.39. The van der Waals surface area contributed by atoms with Gasteiger partial charge in [0, 0.05) is 45.0 Å². The van der Waals surface area contributed by atoms with E-state index in [2.05, 4.69) is 9.88 Å². The quantitative estimate of drug-likeness (QED) is 0.592. The summed E-state index contributed by atoms with van der Waals surface area (Å²) in [5.41, 5.74) is 0.193. The Morgan fingerprint density at radius 1 is 1.19 bits per heavy atom. The number of nitrogens with zero attached hydrogens (tertiary/aromatic N) is 3. The largest absolute Gasteiger partial charge is 0.595 e. The highest BCUT2D eigenvalue weighted by Gasteiger charge is 2.23. The van der Waals surface area contributed by atoms with Gasteiger partial charge in [-0.2, -0.15) is 5.23 Å². The van der Waals surface area contributed by atoms with Crippen LogP contribution in [0.4, 0.5) is 15.9 Å². The number of ether oxygens (including phenoxy) is 1.